The molecule has 1 atom stereocenters. The first-order valence-corrected chi connectivity index (χ1v) is 7.48. The molecule has 2 aliphatic rings. The van der Waals surface area contributed by atoms with Gasteiger partial charge in [-0.15, -0.1) is 0 Å². The molecule has 2 rings (SSSR count). The van der Waals surface area contributed by atoms with Crippen molar-refractivity contribution in [1.82, 2.24) is 4.90 Å². The molecule has 0 aromatic heterocycles. The third kappa shape index (κ3) is 3.41. The molecule has 1 saturated heterocycles. The number of hydrogen-bond donors (Lipinski definition) is 1. The smallest absolute Gasteiger partial charge is 0.410 e. The fraction of sp³-hybridized carbons (Fsp3) is 0.933. The quantitative estimate of drug-likeness (QED) is 0.735. The molecule has 1 spiro atoms. The third-order valence-corrected chi connectivity index (χ3v) is 4.39. The second-order valence-corrected chi connectivity index (χ2v) is 7.13. The summed E-state index contributed by atoms with van der Waals surface area (Å²) in [5.74, 6) is 0. The fourth-order valence-electron chi connectivity index (χ4n) is 3.38. The van der Waals surface area contributed by atoms with Crippen LogP contribution < -0.4 is 0 Å². The lowest BCUT2D eigenvalue weighted by molar-refractivity contribution is -0.0704. The molecule has 1 aliphatic heterocycles. The van der Waals surface area contributed by atoms with E-state index in [0.29, 0.717) is 19.5 Å². The number of likely N-dealkylation sites (tertiary alicyclic amines) is 1. The van der Waals surface area contributed by atoms with Crippen LogP contribution in [0.5, 0.6) is 0 Å². The molecule has 0 bridgehead atoms. The van der Waals surface area contributed by atoms with E-state index in [2.05, 4.69) is 0 Å². The topological polar surface area (TPSA) is 49.8 Å². The number of hydrogen-bond acceptors (Lipinski definition) is 3. The average molecular weight is 269 g/mol. The second-order valence-electron chi connectivity index (χ2n) is 7.13. The number of aliphatic hydroxyl groups is 1. The van der Waals surface area contributed by atoms with Crippen LogP contribution >= 0.6 is 0 Å². The molecule has 0 radical (unpaired) electrons. The van der Waals surface area contributed by atoms with Gasteiger partial charge in [-0.05, 0) is 40.0 Å². The summed E-state index contributed by atoms with van der Waals surface area (Å²) in [6.45, 7) is 6.93. The first kappa shape index (κ1) is 14.6. The summed E-state index contributed by atoms with van der Waals surface area (Å²) >= 11 is 0. The molecule has 0 aromatic rings. The zero-order valence-corrected chi connectivity index (χ0v) is 12.4. The van der Waals surface area contributed by atoms with Crippen LogP contribution in [0.4, 0.5) is 4.79 Å². The van der Waals surface area contributed by atoms with Crippen LogP contribution in [0.2, 0.25) is 0 Å². The Bertz CT molecular complexity index is 329. The van der Waals surface area contributed by atoms with Gasteiger partial charge in [0.05, 0.1) is 6.10 Å². The summed E-state index contributed by atoms with van der Waals surface area (Å²) in [6.07, 6.45) is 5.84. The second kappa shape index (κ2) is 5.31. The van der Waals surface area contributed by atoms with Gasteiger partial charge in [-0.2, -0.15) is 0 Å². The minimum absolute atomic E-state index is 0.0760. The van der Waals surface area contributed by atoms with Crippen molar-refractivity contribution >= 4 is 6.09 Å². The van der Waals surface area contributed by atoms with Gasteiger partial charge in [0, 0.05) is 18.5 Å². The number of rotatable bonds is 0. The Labute approximate surface area is 116 Å². The van der Waals surface area contributed by atoms with Gasteiger partial charge in [-0.3, -0.25) is 0 Å². The molecule has 1 N–H and O–H groups in total. The predicted molar refractivity (Wildman–Crippen MR) is 73.9 cm³/mol. The van der Waals surface area contributed by atoms with E-state index >= 15 is 0 Å². The maximum absolute atomic E-state index is 12.2. The Kier molecular flexibility index (Phi) is 4.09. The summed E-state index contributed by atoms with van der Waals surface area (Å²) < 4.78 is 5.45. The monoisotopic (exact) mass is 269 g/mol. The Hall–Kier alpha value is -0.770. The summed E-state index contributed by atoms with van der Waals surface area (Å²) in [5, 5.41) is 10.3. The molecular formula is C15H27NO3. The number of aliphatic hydroxyl groups excluding tert-OH is 1. The van der Waals surface area contributed by atoms with E-state index in [4.69, 9.17) is 4.74 Å². The first-order valence-electron chi connectivity index (χ1n) is 7.48. The van der Waals surface area contributed by atoms with Crippen LogP contribution in [-0.2, 0) is 4.74 Å². The maximum Gasteiger partial charge on any atom is 0.410 e. The maximum atomic E-state index is 12.2. The van der Waals surface area contributed by atoms with E-state index in [1.807, 2.05) is 20.8 Å². The van der Waals surface area contributed by atoms with Crippen LogP contribution in [0.3, 0.4) is 0 Å². The molecule has 1 heterocycles. The largest absolute Gasteiger partial charge is 0.444 e. The van der Waals surface area contributed by atoms with Crippen LogP contribution in [0.25, 0.3) is 0 Å². The SMILES string of the molecule is CC(C)(C)OC(=O)N1CCC(O)C2(CCCCC2)C1. The fourth-order valence-corrected chi connectivity index (χ4v) is 3.38. The lowest BCUT2D eigenvalue weighted by Gasteiger charge is -2.48. The van der Waals surface area contributed by atoms with Crippen LogP contribution in [0.1, 0.15) is 59.3 Å². The summed E-state index contributed by atoms with van der Waals surface area (Å²) in [6, 6.07) is 0. The lowest BCUT2D eigenvalue weighted by atomic mass is 9.67. The van der Waals surface area contributed by atoms with Gasteiger partial charge in [-0.1, -0.05) is 19.3 Å². The van der Waals surface area contributed by atoms with Crippen molar-refractivity contribution in [3.63, 3.8) is 0 Å². The Morgan fingerprint density at radius 3 is 2.47 bits per heavy atom. The number of amides is 1. The van der Waals surface area contributed by atoms with Crippen molar-refractivity contribution in [2.75, 3.05) is 13.1 Å². The highest BCUT2D eigenvalue weighted by Crippen LogP contribution is 2.43. The van der Waals surface area contributed by atoms with E-state index in [-0.39, 0.29) is 17.6 Å². The molecule has 19 heavy (non-hydrogen) atoms. The molecule has 4 nitrogen and oxygen atoms in total. The highest BCUT2D eigenvalue weighted by Gasteiger charge is 2.45. The van der Waals surface area contributed by atoms with Crippen molar-refractivity contribution in [3.05, 3.63) is 0 Å². The molecule has 1 amide bonds. The Balaban J connectivity index is 2.02. The van der Waals surface area contributed by atoms with Gasteiger partial charge in [-0.25, -0.2) is 4.79 Å². The molecule has 0 aromatic carbocycles. The third-order valence-electron chi connectivity index (χ3n) is 4.39. The predicted octanol–water partition coefficient (Wildman–Crippen LogP) is 2.94. The van der Waals surface area contributed by atoms with Crippen LogP contribution in [-0.4, -0.2) is 40.9 Å². The zero-order chi connectivity index (χ0) is 14.1. The van der Waals surface area contributed by atoms with Gasteiger partial charge in [0.25, 0.3) is 0 Å². The van der Waals surface area contributed by atoms with E-state index in [0.717, 1.165) is 12.8 Å². The molecule has 1 saturated carbocycles. The summed E-state index contributed by atoms with van der Waals surface area (Å²) in [4.78, 5) is 14.0. The van der Waals surface area contributed by atoms with Crippen molar-refractivity contribution in [2.24, 2.45) is 5.41 Å². The van der Waals surface area contributed by atoms with E-state index in [1.54, 1.807) is 4.90 Å². The van der Waals surface area contributed by atoms with Crippen molar-refractivity contribution < 1.29 is 14.6 Å². The number of nitrogens with zero attached hydrogens (tertiary/aromatic N) is 1. The normalized spacial score (nSPS) is 27.4. The zero-order valence-electron chi connectivity index (χ0n) is 12.4. The van der Waals surface area contributed by atoms with E-state index in [9.17, 15) is 9.90 Å². The van der Waals surface area contributed by atoms with Gasteiger partial charge in [0.2, 0.25) is 0 Å². The molecule has 4 heteroatoms. The highest BCUT2D eigenvalue weighted by atomic mass is 16.6. The Morgan fingerprint density at radius 1 is 1.26 bits per heavy atom. The number of piperidine rings is 1. The molecule has 1 aliphatic carbocycles. The first-order chi connectivity index (χ1) is 8.82. The van der Waals surface area contributed by atoms with E-state index < -0.39 is 5.60 Å². The highest BCUT2D eigenvalue weighted by molar-refractivity contribution is 5.68. The number of carbonyl (C=O) groups is 1. The van der Waals surface area contributed by atoms with Crippen molar-refractivity contribution in [3.8, 4) is 0 Å². The van der Waals surface area contributed by atoms with Crippen LogP contribution in [0, 0.1) is 5.41 Å². The lowest BCUT2D eigenvalue weighted by Crippen LogP contribution is -2.54. The average Bonchev–Trinajstić information content (AvgIpc) is 2.32. The van der Waals surface area contributed by atoms with Gasteiger partial charge < -0.3 is 14.7 Å². The Morgan fingerprint density at radius 2 is 1.89 bits per heavy atom. The molecule has 1 unspecified atom stereocenters. The van der Waals surface area contributed by atoms with Gasteiger partial charge in [0.15, 0.2) is 0 Å². The number of carbonyl (C=O) groups excluding carboxylic acids is 1. The van der Waals surface area contributed by atoms with Gasteiger partial charge in [0.1, 0.15) is 5.60 Å². The standard InChI is InChI=1S/C15H27NO3/c1-14(2,3)19-13(18)16-10-7-12(17)15(11-16)8-5-4-6-9-15/h12,17H,4-11H2,1-3H3. The van der Waals surface area contributed by atoms with Crippen molar-refractivity contribution in [1.29, 1.82) is 0 Å². The molecule has 110 valence electrons. The minimum atomic E-state index is -0.452. The van der Waals surface area contributed by atoms with Gasteiger partial charge >= 0.3 is 6.09 Å². The van der Waals surface area contributed by atoms with Crippen LogP contribution in [0.15, 0.2) is 0 Å². The number of ether oxygens (including phenoxy) is 1. The van der Waals surface area contributed by atoms with Crippen molar-refractivity contribution in [2.45, 2.75) is 71.0 Å². The summed E-state index contributed by atoms with van der Waals surface area (Å²) in [5.41, 5.74) is -0.528. The molecular weight excluding hydrogens is 242 g/mol. The molecule has 2 fully saturated rings. The minimum Gasteiger partial charge on any atom is -0.444 e. The summed E-state index contributed by atoms with van der Waals surface area (Å²) in [7, 11) is 0. The van der Waals surface area contributed by atoms with E-state index in [1.165, 1.54) is 19.3 Å².